The highest BCUT2D eigenvalue weighted by molar-refractivity contribution is 7.17. The molecule has 0 aliphatic carbocycles. The molecule has 7 nitrogen and oxygen atoms in total. The van der Waals surface area contributed by atoms with Gasteiger partial charge in [0.05, 0.1) is 23.6 Å². The van der Waals surface area contributed by atoms with Gasteiger partial charge in [-0.25, -0.2) is 19.6 Å². The molecule has 2 aromatic heterocycles. The van der Waals surface area contributed by atoms with Gasteiger partial charge < -0.3 is 14.9 Å². The molecule has 0 radical (unpaired) electrons. The Bertz CT molecular complexity index is 1080. The lowest BCUT2D eigenvalue weighted by atomic mass is 10.1. The van der Waals surface area contributed by atoms with E-state index >= 15 is 0 Å². The van der Waals surface area contributed by atoms with Crippen molar-refractivity contribution in [3.63, 3.8) is 0 Å². The Morgan fingerprint density at radius 3 is 2.07 bits per heavy atom. The van der Waals surface area contributed by atoms with Gasteiger partial charge in [0.25, 0.3) is 0 Å². The zero-order chi connectivity index (χ0) is 21.3. The van der Waals surface area contributed by atoms with Crippen LogP contribution in [-0.2, 0) is 0 Å². The van der Waals surface area contributed by atoms with Gasteiger partial charge in [-0.05, 0) is 38.0 Å². The predicted octanol–water partition coefficient (Wildman–Crippen LogP) is 4.98. The molecule has 29 heavy (non-hydrogen) atoms. The minimum atomic E-state index is -1.02. The fourth-order valence-corrected chi connectivity index (χ4v) is 4.47. The van der Waals surface area contributed by atoms with Crippen LogP contribution >= 0.6 is 22.7 Å². The molecule has 3 rings (SSSR count). The van der Waals surface area contributed by atoms with Gasteiger partial charge in [-0.3, -0.25) is 0 Å². The van der Waals surface area contributed by atoms with Crippen LogP contribution < -0.4 is 4.74 Å². The molecule has 2 heterocycles. The summed E-state index contributed by atoms with van der Waals surface area (Å²) in [4.78, 5) is 32.0. The molecule has 0 atom stereocenters. The van der Waals surface area contributed by atoms with Crippen LogP contribution in [0.5, 0.6) is 5.75 Å². The van der Waals surface area contributed by atoms with Crippen molar-refractivity contribution >= 4 is 34.6 Å². The Morgan fingerprint density at radius 1 is 1.00 bits per heavy atom. The largest absolute Gasteiger partial charge is 0.493 e. The molecule has 0 spiro atoms. The highest BCUT2D eigenvalue weighted by atomic mass is 32.1. The molecule has 0 bridgehead atoms. The van der Waals surface area contributed by atoms with Crippen LogP contribution in [0.15, 0.2) is 18.2 Å². The zero-order valence-electron chi connectivity index (χ0n) is 16.3. The zero-order valence-corrected chi connectivity index (χ0v) is 18.0. The number of aryl methyl sites for hydroxylation is 2. The van der Waals surface area contributed by atoms with E-state index in [1.807, 2.05) is 26.0 Å². The number of aromatic carboxylic acids is 2. The summed E-state index contributed by atoms with van der Waals surface area (Å²) in [5.41, 5.74) is 2.28. The van der Waals surface area contributed by atoms with E-state index in [9.17, 15) is 19.8 Å². The number of carboxylic acid groups (broad SMARTS) is 2. The number of aromatic nitrogens is 2. The first-order chi connectivity index (χ1) is 13.7. The summed E-state index contributed by atoms with van der Waals surface area (Å²) in [5.74, 6) is -1.12. The van der Waals surface area contributed by atoms with Crippen LogP contribution in [0.1, 0.15) is 44.6 Å². The maximum absolute atomic E-state index is 11.4. The number of carbonyl (C=O) groups is 2. The second-order valence-corrected chi connectivity index (χ2v) is 8.89. The number of hydrogen-bond acceptors (Lipinski definition) is 7. The first-order valence-corrected chi connectivity index (χ1v) is 10.5. The minimum Gasteiger partial charge on any atom is -0.493 e. The molecule has 0 saturated carbocycles. The molecule has 9 heteroatoms. The van der Waals surface area contributed by atoms with Crippen LogP contribution in [0, 0.1) is 19.8 Å². The van der Waals surface area contributed by atoms with Gasteiger partial charge in [0, 0.05) is 5.56 Å². The van der Waals surface area contributed by atoms with Gasteiger partial charge in [0.15, 0.2) is 0 Å². The predicted molar refractivity (Wildman–Crippen MR) is 112 cm³/mol. The first kappa shape index (κ1) is 20.9. The number of hydrogen-bond donors (Lipinski definition) is 2. The molecule has 0 aliphatic rings. The Morgan fingerprint density at radius 2 is 1.55 bits per heavy atom. The molecule has 152 valence electrons. The van der Waals surface area contributed by atoms with Crippen molar-refractivity contribution in [1.29, 1.82) is 0 Å². The summed E-state index contributed by atoms with van der Waals surface area (Å²) in [6.45, 7) is 7.90. The van der Waals surface area contributed by atoms with Crippen LogP contribution in [0.2, 0.25) is 0 Å². The van der Waals surface area contributed by atoms with Crippen LogP contribution in [0.25, 0.3) is 21.1 Å². The van der Waals surface area contributed by atoms with E-state index in [1.54, 1.807) is 19.9 Å². The number of ether oxygens (including phenoxy) is 1. The maximum Gasteiger partial charge on any atom is 0.347 e. The fraction of sp³-hybridized carbons (Fsp3) is 0.300. The van der Waals surface area contributed by atoms with E-state index in [2.05, 4.69) is 9.97 Å². The highest BCUT2D eigenvalue weighted by Crippen LogP contribution is 2.39. The van der Waals surface area contributed by atoms with Crippen molar-refractivity contribution in [3.8, 4) is 26.9 Å². The lowest BCUT2D eigenvalue weighted by Gasteiger charge is -2.13. The van der Waals surface area contributed by atoms with Crippen molar-refractivity contribution in [3.05, 3.63) is 39.3 Å². The van der Waals surface area contributed by atoms with E-state index < -0.39 is 11.9 Å². The van der Waals surface area contributed by atoms with Crippen LogP contribution in [0.3, 0.4) is 0 Å². The number of thiazole rings is 2. The lowest BCUT2D eigenvalue weighted by Crippen LogP contribution is -2.05. The van der Waals surface area contributed by atoms with Gasteiger partial charge in [0.2, 0.25) is 0 Å². The third-order valence-electron chi connectivity index (χ3n) is 4.01. The number of carboxylic acids is 2. The Labute approximate surface area is 175 Å². The molecule has 0 unspecified atom stereocenters. The van der Waals surface area contributed by atoms with Gasteiger partial charge in [0.1, 0.15) is 25.5 Å². The number of nitrogens with zero attached hydrogens (tertiary/aromatic N) is 2. The second-order valence-electron chi connectivity index (χ2n) is 6.89. The van der Waals surface area contributed by atoms with Crippen molar-refractivity contribution in [2.24, 2.45) is 5.92 Å². The Kier molecular flexibility index (Phi) is 5.99. The highest BCUT2D eigenvalue weighted by Gasteiger charge is 2.20. The Hall–Kier alpha value is -2.78. The summed E-state index contributed by atoms with van der Waals surface area (Å²) < 4.78 is 5.93. The maximum atomic E-state index is 11.4. The quantitative estimate of drug-likeness (QED) is 0.542. The van der Waals surface area contributed by atoms with E-state index in [-0.39, 0.29) is 9.75 Å². The SMILES string of the molecule is Cc1nc(-c2ccc(OCC(C)C)c(-c3nc(C)c(C(=O)O)s3)c2)sc1C(=O)O. The summed E-state index contributed by atoms with van der Waals surface area (Å²) in [7, 11) is 0. The van der Waals surface area contributed by atoms with Gasteiger partial charge in [-0.15, -0.1) is 22.7 Å². The summed E-state index contributed by atoms with van der Waals surface area (Å²) in [6, 6.07) is 5.44. The fourth-order valence-electron chi connectivity index (χ4n) is 2.64. The Balaban J connectivity index is 2.11. The summed E-state index contributed by atoms with van der Waals surface area (Å²) >= 11 is 2.18. The third-order valence-corrected chi connectivity index (χ3v) is 6.38. The summed E-state index contributed by atoms with van der Waals surface area (Å²) in [6.07, 6.45) is 0. The second kappa shape index (κ2) is 8.30. The standard InChI is InChI=1S/C20H20N2O5S2/c1-9(2)8-27-14-6-5-12(17-21-10(3)15(28-17)19(23)24)7-13(14)18-22-11(4)16(29-18)20(25)26/h5-7,9H,8H2,1-4H3,(H,23,24)(H,25,26). The van der Waals surface area contributed by atoms with Crippen LogP contribution in [-0.4, -0.2) is 38.7 Å². The molecule has 0 fully saturated rings. The van der Waals surface area contributed by atoms with Gasteiger partial charge in [-0.1, -0.05) is 13.8 Å². The normalized spacial score (nSPS) is 11.1. The van der Waals surface area contributed by atoms with Crippen LogP contribution in [0.4, 0.5) is 0 Å². The van der Waals surface area contributed by atoms with E-state index in [0.29, 0.717) is 45.2 Å². The van der Waals surface area contributed by atoms with Crippen molar-refractivity contribution in [2.75, 3.05) is 6.61 Å². The molecular weight excluding hydrogens is 412 g/mol. The number of rotatable bonds is 7. The molecular formula is C20H20N2O5S2. The average Bonchev–Trinajstić information content (AvgIpc) is 3.23. The van der Waals surface area contributed by atoms with E-state index in [4.69, 9.17) is 4.74 Å². The summed E-state index contributed by atoms with van der Waals surface area (Å²) in [5, 5.41) is 19.8. The van der Waals surface area contributed by atoms with Crippen molar-refractivity contribution in [2.45, 2.75) is 27.7 Å². The lowest BCUT2D eigenvalue weighted by molar-refractivity contribution is 0.0690. The van der Waals surface area contributed by atoms with E-state index in [1.165, 1.54) is 0 Å². The molecule has 0 amide bonds. The molecule has 3 aromatic rings. The smallest absolute Gasteiger partial charge is 0.347 e. The topological polar surface area (TPSA) is 110 Å². The molecule has 2 N–H and O–H groups in total. The van der Waals surface area contributed by atoms with Crippen molar-refractivity contribution < 1.29 is 24.5 Å². The third kappa shape index (κ3) is 4.46. The first-order valence-electron chi connectivity index (χ1n) is 8.86. The van der Waals surface area contributed by atoms with Crippen molar-refractivity contribution in [1.82, 2.24) is 9.97 Å². The van der Waals surface area contributed by atoms with Gasteiger partial charge >= 0.3 is 11.9 Å². The number of benzene rings is 1. The molecule has 1 aromatic carbocycles. The van der Waals surface area contributed by atoms with E-state index in [0.717, 1.165) is 28.2 Å². The monoisotopic (exact) mass is 432 g/mol. The van der Waals surface area contributed by atoms with Gasteiger partial charge in [-0.2, -0.15) is 0 Å². The molecule has 0 saturated heterocycles. The average molecular weight is 433 g/mol. The minimum absolute atomic E-state index is 0.179. The molecule has 0 aliphatic heterocycles.